The summed E-state index contributed by atoms with van der Waals surface area (Å²) in [6.07, 6.45) is 6.69. The average Bonchev–Trinajstić information content (AvgIpc) is 2.83. The molecule has 1 N–H and O–H groups in total. The molecule has 0 unspecified atom stereocenters. The molecule has 1 aliphatic rings. The van der Waals surface area contributed by atoms with Crippen molar-refractivity contribution in [1.29, 1.82) is 0 Å². The van der Waals surface area contributed by atoms with Crippen molar-refractivity contribution in [3.8, 4) is 11.3 Å². The Morgan fingerprint density at radius 1 is 1.23 bits per heavy atom. The summed E-state index contributed by atoms with van der Waals surface area (Å²) in [6.45, 7) is 6.15. The third-order valence-corrected chi connectivity index (χ3v) is 4.94. The molecule has 118 valence electrons. The molecule has 1 aliphatic carbocycles. The quantitative estimate of drug-likeness (QED) is 0.868. The van der Waals surface area contributed by atoms with E-state index in [0.717, 1.165) is 33.1 Å². The maximum Gasteiger partial charge on any atom is 0.223 e. The van der Waals surface area contributed by atoms with E-state index in [9.17, 15) is 0 Å². The lowest BCUT2D eigenvalue weighted by Crippen LogP contribution is -2.26. The van der Waals surface area contributed by atoms with Gasteiger partial charge in [-0.1, -0.05) is 12.1 Å². The number of nitrogens with one attached hydrogen (secondary N) is 1. The molecule has 2 aromatic rings. The highest BCUT2D eigenvalue weighted by atomic mass is 79.9. The second-order valence-electron chi connectivity index (χ2n) is 6.19. The summed E-state index contributed by atoms with van der Waals surface area (Å²) < 4.78 is 6.11. The van der Waals surface area contributed by atoms with Gasteiger partial charge in [0.05, 0.1) is 21.4 Å². The van der Waals surface area contributed by atoms with E-state index < -0.39 is 0 Å². The number of hydrogen-bond donors (Lipinski definition) is 1. The molecule has 0 radical (unpaired) electrons. The molecular formula is C16H21BrN4O. The number of rotatable bonds is 3. The molecule has 1 fully saturated rings. The van der Waals surface area contributed by atoms with Gasteiger partial charge in [0.25, 0.3) is 0 Å². The van der Waals surface area contributed by atoms with Gasteiger partial charge in [-0.3, -0.25) is 0 Å². The van der Waals surface area contributed by atoms with E-state index in [-0.39, 0.29) is 0 Å². The van der Waals surface area contributed by atoms with E-state index in [1.807, 2.05) is 13.8 Å². The van der Waals surface area contributed by atoms with Crippen LogP contribution in [0.25, 0.3) is 11.3 Å². The van der Waals surface area contributed by atoms with E-state index in [0.29, 0.717) is 12.0 Å². The van der Waals surface area contributed by atoms with Gasteiger partial charge in [0, 0.05) is 12.2 Å². The van der Waals surface area contributed by atoms with Crippen molar-refractivity contribution in [1.82, 2.24) is 15.1 Å². The summed E-state index contributed by atoms with van der Waals surface area (Å²) in [5, 5.41) is 7.49. The summed E-state index contributed by atoms with van der Waals surface area (Å²) in [5.74, 6) is 2.29. The third kappa shape index (κ3) is 3.16. The fraction of sp³-hybridized carbons (Fsp3) is 0.562. The Hall–Kier alpha value is -1.43. The molecule has 0 atom stereocenters. The Labute approximate surface area is 139 Å². The van der Waals surface area contributed by atoms with Crippen molar-refractivity contribution in [3.63, 3.8) is 0 Å². The first-order chi connectivity index (χ1) is 10.5. The van der Waals surface area contributed by atoms with Gasteiger partial charge in [-0.15, -0.1) is 0 Å². The van der Waals surface area contributed by atoms with Crippen molar-refractivity contribution in [2.24, 2.45) is 5.92 Å². The number of anilines is 1. The molecule has 0 spiro atoms. The molecule has 0 bridgehead atoms. The van der Waals surface area contributed by atoms with Crippen LogP contribution in [0, 0.1) is 19.8 Å². The first-order valence-corrected chi connectivity index (χ1v) is 8.56. The molecule has 22 heavy (non-hydrogen) atoms. The van der Waals surface area contributed by atoms with Crippen molar-refractivity contribution >= 4 is 21.9 Å². The van der Waals surface area contributed by atoms with Crippen LogP contribution in [0.1, 0.15) is 44.1 Å². The molecule has 5 nitrogen and oxygen atoms in total. The van der Waals surface area contributed by atoms with Crippen LogP contribution in [0.5, 0.6) is 0 Å². The molecular weight excluding hydrogens is 344 g/mol. The van der Waals surface area contributed by atoms with E-state index in [1.165, 1.54) is 25.7 Å². The molecule has 0 amide bonds. The number of halogens is 1. The van der Waals surface area contributed by atoms with Crippen LogP contribution in [-0.4, -0.2) is 21.2 Å². The van der Waals surface area contributed by atoms with E-state index in [2.05, 4.69) is 43.3 Å². The third-order valence-electron chi connectivity index (χ3n) is 4.36. The van der Waals surface area contributed by atoms with E-state index in [4.69, 9.17) is 4.52 Å². The topological polar surface area (TPSA) is 63.8 Å². The standard InChI is InChI=1S/C16H21BrN4O/c1-9-4-6-12(7-5-9)19-16-18-8-13(17)15(20-16)14-10(2)21-22-11(14)3/h8-9,12H,4-7H2,1-3H3,(H,18,19,20)/t9-,12+. The van der Waals surface area contributed by atoms with E-state index in [1.54, 1.807) is 6.20 Å². The lowest BCUT2D eigenvalue weighted by atomic mass is 9.87. The number of aryl methyl sites for hydroxylation is 2. The fourth-order valence-corrected chi connectivity index (χ4v) is 3.41. The summed E-state index contributed by atoms with van der Waals surface area (Å²) in [4.78, 5) is 9.08. The Kier molecular flexibility index (Phi) is 4.47. The molecule has 2 heterocycles. The van der Waals surface area contributed by atoms with Crippen molar-refractivity contribution in [2.75, 3.05) is 5.32 Å². The summed E-state index contributed by atoms with van der Waals surface area (Å²) in [6, 6.07) is 0.467. The van der Waals surface area contributed by atoms with Crippen LogP contribution in [-0.2, 0) is 0 Å². The minimum Gasteiger partial charge on any atom is -0.361 e. The molecule has 2 aromatic heterocycles. The van der Waals surface area contributed by atoms with Crippen molar-refractivity contribution in [3.05, 3.63) is 22.1 Å². The van der Waals surface area contributed by atoms with Crippen LogP contribution < -0.4 is 5.32 Å². The smallest absolute Gasteiger partial charge is 0.223 e. The number of aromatic nitrogens is 3. The van der Waals surface area contributed by atoms with Gasteiger partial charge in [-0.2, -0.15) is 0 Å². The highest BCUT2D eigenvalue weighted by Gasteiger charge is 2.21. The maximum atomic E-state index is 5.25. The maximum absolute atomic E-state index is 5.25. The SMILES string of the molecule is Cc1noc(C)c1-c1nc(N[C@H]2CC[C@@H](C)CC2)ncc1Br. The van der Waals surface area contributed by atoms with Gasteiger partial charge in [0.2, 0.25) is 5.95 Å². The normalized spacial score (nSPS) is 21.8. The molecule has 3 rings (SSSR count). The lowest BCUT2D eigenvalue weighted by Gasteiger charge is -2.27. The zero-order valence-electron chi connectivity index (χ0n) is 13.2. The average molecular weight is 365 g/mol. The highest BCUT2D eigenvalue weighted by molar-refractivity contribution is 9.10. The summed E-state index contributed by atoms with van der Waals surface area (Å²) >= 11 is 3.53. The fourth-order valence-electron chi connectivity index (χ4n) is 3.02. The second-order valence-corrected chi connectivity index (χ2v) is 7.04. The van der Waals surface area contributed by atoms with Crippen LogP contribution in [0.4, 0.5) is 5.95 Å². The van der Waals surface area contributed by atoms with Crippen LogP contribution in [0.2, 0.25) is 0 Å². The Balaban J connectivity index is 1.84. The number of nitrogens with zero attached hydrogens (tertiary/aromatic N) is 3. The van der Waals surface area contributed by atoms with Crippen LogP contribution in [0.3, 0.4) is 0 Å². The van der Waals surface area contributed by atoms with Crippen molar-refractivity contribution < 1.29 is 4.52 Å². The predicted molar refractivity (Wildman–Crippen MR) is 89.7 cm³/mol. The molecule has 0 aliphatic heterocycles. The molecule has 6 heteroatoms. The summed E-state index contributed by atoms with van der Waals surface area (Å²) in [5.41, 5.74) is 2.61. The van der Waals surface area contributed by atoms with Gasteiger partial charge in [-0.25, -0.2) is 9.97 Å². The summed E-state index contributed by atoms with van der Waals surface area (Å²) in [7, 11) is 0. The van der Waals surface area contributed by atoms with Gasteiger partial charge in [0.15, 0.2) is 0 Å². The second kappa shape index (κ2) is 6.36. The van der Waals surface area contributed by atoms with Gasteiger partial charge < -0.3 is 9.84 Å². The minimum absolute atomic E-state index is 0.467. The Bertz CT molecular complexity index is 643. The van der Waals surface area contributed by atoms with Gasteiger partial charge in [0.1, 0.15) is 5.76 Å². The van der Waals surface area contributed by atoms with Crippen LogP contribution >= 0.6 is 15.9 Å². The molecule has 0 saturated heterocycles. The van der Waals surface area contributed by atoms with Gasteiger partial charge >= 0.3 is 0 Å². The molecule has 0 aromatic carbocycles. The first-order valence-electron chi connectivity index (χ1n) is 7.77. The predicted octanol–water partition coefficient (Wildman–Crippen LogP) is 4.50. The molecule has 1 saturated carbocycles. The Morgan fingerprint density at radius 3 is 2.59 bits per heavy atom. The van der Waals surface area contributed by atoms with Crippen LogP contribution in [0.15, 0.2) is 15.2 Å². The first kappa shape index (κ1) is 15.5. The van der Waals surface area contributed by atoms with Gasteiger partial charge in [-0.05, 0) is 61.4 Å². The van der Waals surface area contributed by atoms with E-state index >= 15 is 0 Å². The Morgan fingerprint density at radius 2 is 1.95 bits per heavy atom. The monoisotopic (exact) mass is 364 g/mol. The number of hydrogen-bond acceptors (Lipinski definition) is 5. The van der Waals surface area contributed by atoms with Crippen molar-refractivity contribution in [2.45, 2.75) is 52.5 Å². The zero-order valence-corrected chi connectivity index (χ0v) is 14.8. The lowest BCUT2D eigenvalue weighted by molar-refractivity contribution is 0.360. The highest BCUT2D eigenvalue weighted by Crippen LogP contribution is 2.32. The largest absolute Gasteiger partial charge is 0.361 e. The zero-order chi connectivity index (χ0) is 15.7. The minimum atomic E-state index is 0.467.